The minimum absolute atomic E-state index is 0.0462. The number of hydrogen-bond acceptors (Lipinski definition) is 5. The van der Waals surface area contributed by atoms with E-state index in [2.05, 4.69) is 4.72 Å². The molecule has 19 heavy (non-hydrogen) atoms. The fourth-order valence-corrected chi connectivity index (χ4v) is 2.54. The smallest absolute Gasteiger partial charge is 0.240 e. The lowest BCUT2D eigenvalue weighted by atomic mass is 10.3. The summed E-state index contributed by atoms with van der Waals surface area (Å²) in [6.45, 7) is 0.136. The SMILES string of the molecule is COc1ccc(S(=O)(=O)NCCCC(N)=O)cc1N. The average Bonchev–Trinajstić information content (AvgIpc) is 2.34. The Balaban J connectivity index is 2.72. The molecule has 0 saturated heterocycles. The monoisotopic (exact) mass is 287 g/mol. The molecule has 0 saturated carbocycles. The van der Waals surface area contributed by atoms with Crippen molar-refractivity contribution in [2.75, 3.05) is 19.4 Å². The Kier molecular flexibility index (Phi) is 5.13. The second-order valence-corrected chi connectivity index (χ2v) is 5.64. The highest BCUT2D eigenvalue weighted by Crippen LogP contribution is 2.24. The van der Waals surface area contributed by atoms with Gasteiger partial charge in [0.15, 0.2) is 0 Å². The summed E-state index contributed by atoms with van der Waals surface area (Å²) in [5.74, 6) is -0.0550. The fraction of sp³-hybridized carbons (Fsp3) is 0.364. The van der Waals surface area contributed by atoms with Crippen LogP contribution in [0.1, 0.15) is 12.8 Å². The lowest BCUT2D eigenvalue weighted by molar-refractivity contribution is -0.118. The van der Waals surface area contributed by atoms with Gasteiger partial charge in [-0.3, -0.25) is 4.79 Å². The largest absolute Gasteiger partial charge is 0.495 e. The quantitative estimate of drug-likeness (QED) is 0.474. The van der Waals surface area contributed by atoms with Gasteiger partial charge in [0.05, 0.1) is 17.7 Å². The van der Waals surface area contributed by atoms with E-state index in [1.54, 1.807) is 0 Å². The summed E-state index contributed by atoms with van der Waals surface area (Å²) in [5.41, 5.74) is 10.8. The first-order valence-electron chi connectivity index (χ1n) is 5.58. The molecule has 0 atom stereocenters. The Morgan fingerprint density at radius 1 is 1.42 bits per heavy atom. The number of primary amides is 1. The number of amides is 1. The number of nitrogens with two attached hydrogens (primary N) is 2. The number of nitrogens with one attached hydrogen (secondary N) is 1. The highest BCUT2D eigenvalue weighted by molar-refractivity contribution is 7.89. The molecule has 0 fully saturated rings. The molecular formula is C11H17N3O4S. The molecule has 0 aliphatic rings. The van der Waals surface area contributed by atoms with E-state index >= 15 is 0 Å². The van der Waals surface area contributed by atoms with Crippen molar-refractivity contribution >= 4 is 21.6 Å². The molecule has 1 rings (SSSR count). The molecule has 0 aliphatic heterocycles. The van der Waals surface area contributed by atoms with Gasteiger partial charge in [0.25, 0.3) is 0 Å². The van der Waals surface area contributed by atoms with Crippen molar-refractivity contribution in [1.29, 1.82) is 0 Å². The Labute approximate surface area is 112 Å². The van der Waals surface area contributed by atoms with Crippen molar-refractivity contribution in [3.63, 3.8) is 0 Å². The van der Waals surface area contributed by atoms with Gasteiger partial charge in [-0.2, -0.15) is 0 Å². The molecule has 0 heterocycles. The minimum Gasteiger partial charge on any atom is -0.495 e. The van der Waals surface area contributed by atoms with Crippen molar-refractivity contribution < 1.29 is 17.9 Å². The number of carbonyl (C=O) groups excluding carboxylic acids is 1. The Morgan fingerprint density at radius 3 is 2.63 bits per heavy atom. The Morgan fingerprint density at radius 2 is 2.11 bits per heavy atom. The van der Waals surface area contributed by atoms with Gasteiger partial charge in [-0.15, -0.1) is 0 Å². The van der Waals surface area contributed by atoms with Crippen LogP contribution in [-0.4, -0.2) is 28.0 Å². The summed E-state index contributed by atoms with van der Waals surface area (Å²) in [6, 6.07) is 4.19. The maximum atomic E-state index is 11.9. The molecule has 0 aromatic heterocycles. The van der Waals surface area contributed by atoms with Crippen molar-refractivity contribution in [3.8, 4) is 5.75 Å². The van der Waals surface area contributed by atoms with Gasteiger partial charge in [-0.05, 0) is 24.6 Å². The molecule has 0 bridgehead atoms. The number of ether oxygens (including phenoxy) is 1. The summed E-state index contributed by atoms with van der Waals surface area (Å²) >= 11 is 0. The van der Waals surface area contributed by atoms with Crippen LogP contribution >= 0.6 is 0 Å². The van der Waals surface area contributed by atoms with Gasteiger partial charge in [0.1, 0.15) is 5.75 Å². The molecule has 0 aliphatic carbocycles. The normalized spacial score (nSPS) is 11.2. The van der Waals surface area contributed by atoms with Crippen LogP contribution in [0.2, 0.25) is 0 Å². The third-order valence-corrected chi connectivity index (χ3v) is 3.86. The van der Waals surface area contributed by atoms with Crippen LogP contribution in [0, 0.1) is 0 Å². The molecule has 1 aromatic rings. The van der Waals surface area contributed by atoms with Gasteiger partial charge in [0.2, 0.25) is 15.9 Å². The minimum atomic E-state index is -3.64. The van der Waals surface area contributed by atoms with E-state index in [1.165, 1.54) is 25.3 Å². The third kappa shape index (κ3) is 4.42. The summed E-state index contributed by atoms with van der Waals surface area (Å²) in [4.78, 5) is 10.6. The zero-order valence-corrected chi connectivity index (χ0v) is 11.4. The molecule has 8 heteroatoms. The average molecular weight is 287 g/mol. The van der Waals surface area contributed by atoms with Gasteiger partial charge < -0.3 is 16.2 Å². The number of rotatable bonds is 7. The maximum absolute atomic E-state index is 11.9. The van der Waals surface area contributed by atoms with Crippen LogP contribution in [0.25, 0.3) is 0 Å². The molecule has 1 amide bonds. The number of hydrogen-bond donors (Lipinski definition) is 3. The highest BCUT2D eigenvalue weighted by atomic mass is 32.2. The lowest BCUT2D eigenvalue weighted by Gasteiger charge is -2.09. The maximum Gasteiger partial charge on any atom is 0.240 e. The third-order valence-electron chi connectivity index (χ3n) is 2.40. The second-order valence-electron chi connectivity index (χ2n) is 3.87. The predicted molar refractivity (Wildman–Crippen MR) is 71.0 cm³/mol. The molecule has 0 radical (unpaired) electrons. The highest BCUT2D eigenvalue weighted by Gasteiger charge is 2.15. The second kappa shape index (κ2) is 6.39. The molecule has 106 valence electrons. The zero-order valence-electron chi connectivity index (χ0n) is 10.5. The van der Waals surface area contributed by atoms with E-state index < -0.39 is 15.9 Å². The van der Waals surface area contributed by atoms with E-state index in [4.69, 9.17) is 16.2 Å². The first-order chi connectivity index (χ1) is 8.86. The standard InChI is InChI=1S/C11H17N3O4S/c1-18-10-5-4-8(7-9(10)12)19(16,17)14-6-2-3-11(13)15/h4-5,7,14H,2-3,6,12H2,1H3,(H2,13,15). The van der Waals surface area contributed by atoms with E-state index in [0.29, 0.717) is 12.2 Å². The van der Waals surface area contributed by atoms with Gasteiger partial charge in [-0.1, -0.05) is 0 Å². The number of nitrogen functional groups attached to an aromatic ring is 1. The summed E-state index contributed by atoms with van der Waals surface area (Å²) in [5, 5.41) is 0. The van der Waals surface area contributed by atoms with Crippen molar-refractivity contribution in [2.45, 2.75) is 17.7 Å². The van der Waals surface area contributed by atoms with Gasteiger partial charge in [0, 0.05) is 13.0 Å². The molecule has 0 spiro atoms. The molecular weight excluding hydrogens is 270 g/mol. The van der Waals surface area contributed by atoms with Crippen molar-refractivity contribution in [1.82, 2.24) is 4.72 Å². The van der Waals surface area contributed by atoms with Crippen LogP contribution in [0.3, 0.4) is 0 Å². The van der Waals surface area contributed by atoms with E-state index in [1.807, 2.05) is 0 Å². The summed E-state index contributed by atoms with van der Waals surface area (Å²) in [7, 11) is -2.20. The molecule has 5 N–H and O–H groups in total. The summed E-state index contributed by atoms with van der Waals surface area (Å²) < 4.78 is 31.1. The fourth-order valence-electron chi connectivity index (χ4n) is 1.43. The number of sulfonamides is 1. The van der Waals surface area contributed by atoms with E-state index in [9.17, 15) is 13.2 Å². The number of methoxy groups -OCH3 is 1. The van der Waals surface area contributed by atoms with Gasteiger partial charge >= 0.3 is 0 Å². The van der Waals surface area contributed by atoms with Crippen LogP contribution in [0.5, 0.6) is 5.75 Å². The predicted octanol–water partition coefficient (Wildman–Crippen LogP) is -0.179. The zero-order chi connectivity index (χ0) is 14.5. The van der Waals surface area contributed by atoms with Crippen LogP contribution in [-0.2, 0) is 14.8 Å². The van der Waals surface area contributed by atoms with Crippen LogP contribution in [0.4, 0.5) is 5.69 Å². The van der Waals surface area contributed by atoms with Crippen LogP contribution in [0.15, 0.2) is 23.1 Å². The summed E-state index contributed by atoms with van der Waals surface area (Å²) in [6.07, 6.45) is 0.480. The first kappa shape index (κ1) is 15.3. The van der Waals surface area contributed by atoms with Crippen LogP contribution < -0.4 is 20.9 Å². The molecule has 0 unspecified atom stereocenters. The van der Waals surface area contributed by atoms with Gasteiger partial charge in [-0.25, -0.2) is 13.1 Å². The number of anilines is 1. The Bertz CT molecular complexity index is 557. The molecule has 7 nitrogen and oxygen atoms in total. The van der Waals surface area contributed by atoms with Crippen molar-refractivity contribution in [2.24, 2.45) is 5.73 Å². The number of carbonyl (C=O) groups is 1. The van der Waals surface area contributed by atoms with E-state index in [-0.39, 0.29) is 23.5 Å². The van der Waals surface area contributed by atoms with Crippen molar-refractivity contribution in [3.05, 3.63) is 18.2 Å². The molecule has 1 aromatic carbocycles. The number of benzene rings is 1. The first-order valence-corrected chi connectivity index (χ1v) is 7.06. The van der Waals surface area contributed by atoms with E-state index in [0.717, 1.165) is 0 Å². The Hall–Kier alpha value is -1.80. The lowest BCUT2D eigenvalue weighted by Crippen LogP contribution is -2.26. The topological polar surface area (TPSA) is 125 Å².